The van der Waals surface area contributed by atoms with Gasteiger partial charge in [-0.3, -0.25) is 4.68 Å². The van der Waals surface area contributed by atoms with Gasteiger partial charge in [0, 0.05) is 50.0 Å². The van der Waals surface area contributed by atoms with Crippen LogP contribution < -0.4 is 5.32 Å². The van der Waals surface area contributed by atoms with Crippen molar-refractivity contribution >= 4 is 28.3 Å². The molecule has 0 unspecified atom stereocenters. The second-order valence-electron chi connectivity index (χ2n) is 5.71. The Balaban J connectivity index is 1.77. The normalized spacial score (nSPS) is 16.1. The van der Waals surface area contributed by atoms with Gasteiger partial charge in [-0.25, -0.2) is 4.98 Å². The van der Waals surface area contributed by atoms with Gasteiger partial charge in [-0.2, -0.15) is 5.10 Å². The molecule has 3 aromatic rings. The number of hydrogen-bond acceptors (Lipinski definition) is 4. The molecule has 3 aromatic heterocycles. The van der Waals surface area contributed by atoms with Crippen LogP contribution in [0.15, 0.2) is 24.8 Å². The molecule has 1 aliphatic rings. The lowest BCUT2D eigenvalue weighted by Crippen LogP contribution is -2.19. The van der Waals surface area contributed by atoms with E-state index in [1.165, 1.54) is 0 Å². The summed E-state index contributed by atoms with van der Waals surface area (Å²) in [4.78, 5) is 7.55. The maximum atomic E-state index is 6.30. The molecule has 4 rings (SSSR count). The van der Waals surface area contributed by atoms with Crippen molar-refractivity contribution < 1.29 is 4.74 Å². The smallest absolute Gasteiger partial charge is 0.140 e. The van der Waals surface area contributed by atoms with Gasteiger partial charge in [-0.05, 0) is 12.8 Å². The van der Waals surface area contributed by atoms with Crippen LogP contribution in [0, 0.1) is 0 Å². The van der Waals surface area contributed by atoms with Gasteiger partial charge in [0.15, 0.2) is 0 Å². The van der Waals surface area contributed by atoms with E-state index < -0.39 is 0 Å². The quantitative estimate of drug-likeness (QED) is 0.771. The first-order chi connectivity index (χ1) is 11.3. The molecule has 0 aromatic carbocycles. The fourth-order valence-electron chi connectivity index (χ4n) is 3.16. The highest BCUT2D eigenvalue weighted by atomic mass is 35.5. The number of anilines is 1. The summed E-state index contributed by atoms with van der Waals surface area (Å²) in [5.41, 5.74) is 3.78. The molecule has 1 saturated heterocycles. The third-order valence-electron chi connectivity index (χ3n) is 4.38. The highest BCUT2D eigenvalue weighted by Gasteiger charge is 2.19. The van der Waals surface area contributed by atoms with Gasteiger partial charge < -0.3 is 15.0 Å². The number of aromatic nitrogens is 4. The maximum absolute atomic E-state index is 6.30. The maximum Gasteiger partial charge on any atom is 0.140 e. The molecular weight excluding hydrogens is 314 g/mol. The summed E-state index contributed by atoms with van der Waals surface area (Å²) >= 11 is 6.30. The van der Waals surface area contributed by atoms with E-state index in [0.29, 0.717) is 11.1 Å². The molecule has 0 amide bonds. The first-order valence-electron chi connectivity index (χ1n) is 7.73. The summed E-state index contributed by atoms with van der Waals surface area (Å²) < 4.78 is 7.46. The number of aromatic amines is 1. The molecule has 0 radical (unpaired) electrons. The van der Waals surface area contributed by atoms with Crippen LogP contribution in [0.3, 0.4) is 0 Å². The number of hydrogen-bond donors (Lipinski definition) is 2. The number of ether oxygens (including phenoxy) is 1. The number of halogens is 1. The molecule has 2 N–H and O–H groups in total. The molecule has 23 heavy (non-hydrogen) atoms. The van der Waals surface area contributed by atoms with Crippen LogP contribution in [0.25, 0.3) is 22.2 Å². The Labute approximate surface area is 138 Å². The summed E-state index contributed by atoms with van der Waals surface area (Å²) in [5, 5.41) is 9.37. The standard InChI is InChI=1S/C16H18ClN5O/c1-18-15-12(7-19-16-14(15)13(17)8-20-16)10-6-21-22(9-10)11-2-4-23-5-3-11/h6-9,11H,2-5H2,1H3,(H2,18,19,20). The lowest BCUT2D eigenvalue weighted by atomic mass is 10.1. The third-order valence-corrected chi connectivity index (χ3v) is 4.68. The lowest BCUT2D eigenvalue weighted by Gasteiger charge is -2.22. The molecule has 1 fully saturated rings. The highest BCUT2D eigenvalue weighted by molar-refractivity contribution is 6.36. The Morgan fingerprint density at radius 2 is 2.17 bits per heavy atom. The molecule has 4 heterocycles. The first kappa shape index (κ1) is 14.5. The largest absolute Gasteiger partial charge is 0.387 e. The number of nitrogens with zero attached hydrogens (tertiary/aromatic N) is 3. The molecule has 1 aliphatic heterocycles. The Morgan fingerprint density at radius 1 is 1.35 bits per heavy atom. The number of pyridine rings is 1. The van der Waals surface area contributed by atoms with Crippen LogP contribution in [-0.4, -0.2) is 40.0 Å². The average molecular weight is 332 g/mol. The van der Waals surface area contributed by atoms with E-state index in [9.17, 15) is 0 Å². The van der Waals surface area contributed by atoms with E-state index in [1.54, 1.807) is 6.20 Å². The SMILES string of the molecule is CNc1c(-c2cnn(C3CCOCC3)c2)cnc2[nH]cc(Cl)c12. The second-order valence-corrected chi connectivity index (χ2v) is 6.12. The van der Waals surface area contributed by atoms with Crippen LogP contribution in [0.1, 0.15) is 18.9 Å². The Morgan fingerprint density at radius 3 is 2.96 bits per heavy atom. The highest BCUT2D eigenvalue weighted by Crippen LogP contribution is 2.37. The summed E-state index contributed by atoms with van der Waals surface area (Å²) in [6.07, 6.45) is 9.59. The van der Waals surface area contributed by atoms with Gasteiger partial charge in [-0.15, -0.1) is 0 Å². The molecule has 0 bridgehead atoms. The average Bonchev–Trinajstić information content (AvgIpc) is 3.22. The molecule has 0 atom stereocenters. The van der Waals surface area contributed by atoms with E-state index in [1.807, 2.05) is 24.1 Å². The predicted octanol–water partition coefficient (Wildman–Crippen LogP) is 3.47. The Kier molecular flexibility index (Phi) is 3.71. The van der Waals surface area contributed by atoms with E-state index in [-0.39, 0.29) is 0 Å². The van der Waals surface area contributed by atoms with Gasteiger partial charge in [-0.1, -0.05) is 11.6 Å². The Bertz CT molecular complexity index is 834. The third kappa shape index (κ3) is 2.48. The number of nitrogens with one attached hydrogen (secondary N) is 2. The number of fused-ring (bicyclic) bond motifs is 1. The molecule has 0 spiro atoms. The minimum atomic E-state index is 0.406. The van der Waals surface area contributed by atoms with E-state index in [4.69, 9.17) is 16.3 Å². The molecule has 6 nitrogen and oxygen atoms in total. The van der Waals surface area contributed by atoms with E-state index in [0.717, 1.165) is 53.9 Å². The van der Waals surface area contributed by atoms with Gasteiger partial charge in [0.2, 0.25) is 0 Å². The van der Waals surface area contributed by atoms with Crippen molar-refractivity contribution in [2.45, 2.75) is 18.9 Å². The zero-order valence-electron chi connectivity index (χ0n) is 12.8. The van der Waals surface area contributed by atoms with Crippen molar-refractivity contribution in [3.05, 3.63) is 29.8 Å². The molecule has 120 valence electrons. The predicted molar refractivity (Wildman–Crippen MR) is 91.0 cm³/mol. The van der Waals surface area contributed by atoms with Gasteiger partial charge in [0.25, 0.3) is 0 Å². The summed E-state index contributed by atoms with van der Waals surface area (Å²) in [5.74, 6) is 0. The van der Waals surface area contributed by atoms with Crippen molar-refractivity contribution in [3.63, 3.8) is 0 Å². The van der Waals surface area contributed by atoms with Crippen molar-refractivity contribution in [1.82, 2.24) is 19.7 Å². The van der Waals surface area contributed by atoms with Crippen LogP contribution in [-0.2, 0) is 4.74 Å². The fourth-order valence-corrected chi connectivity index (χ4v) is 3.40. The lowest BCUT2D eigenvalue weighted by molar-refractivity contribution is 0.0662. The van der Waals surface area contributed by atoms with Crippen LogP contribution in [0.5, 0.6) is 0 Å². The number of H-pyrrole nitrogens is 1. The van der Waals surface area contributed by atoms with Crippen molar-refractivity contribution in [2.75, 3.05) is 25.6 Å². The minimum absolute atomic E-state index is 0.406. The fraction of sp³-hybridized carbons (Fsp3) is 0.375. The number of rotatable bonds is 3. The Hall–Kier alpha value is -2.05. The van der Waals surface area contributed by atoms with Crippen molar-refractivity contribution in [3.8, 4) is 11.1 Å². The van der Waals surface area contributed by atoms with Gasteiger partial charge in [0.05, 0.1) is 28.3 Å². The molecular formula is C16H18ClN5O. The molecule has 7 heteroatoms. The van der Waals surface area contributed by atoms with Gasteiger partial charge in [0.1, 0.15) is 5.65 Å². The zero-order valence-corrected chi connectivity index (χ0v) is 13.6. The van der Waals surface area contributed by atoms with Gasteiger partial charge >= 0.3 is 0 Å². The zero-order chi connectivity index (χ0) is 15.8. The minimum Gasteiger partial charge on any atom is -0.387 e. The van der Waals surface area contributed by atoms with E-state index >= 15 is 0 Å². The summed E-state index contributed by atoms with van der Waals surface area (Å²) in [6.45, 7) is 1.60. The van der Waals surface area contributed by atoms with Crippen molar-refractivity contribution in [1.29, 1.82) is 0 Å². The van der Waals surface area contributed by atoms with E-state index in [2.05, 4.69) is 26.6 Å². The summed E-state index contributed by atoms with van der Waals surface area (Å²) in [6, 6.07) is 0.406. The second kappa shape index (κ2) is 5.86. The molecule has 0 aliphatic carbocycles. The van der Waals surface area contributed by atoms with Crippen LogP contribution >= 0.6 is 11.6 Å². The van der Waals surface area contributed by atoms with Crippen molar-refractivity contribution in [2.24, 2.45) is 0 Å². The van der Waals surface area contributed by atoms with Crippen LogP contribution in [0.2, 0.25) is 5.02 Å². The molecule has 0 saturated carbocycles. The topological polar surface area (TPSA) is 67.8 Å². The summed E-state index contributed by atoms with van der Waals surface area (Å²) in [7, 11) is 1.89. The van der Waals surface area contributed by atoms with Crippen LogP contribution in [0.4, 0.5) is 5.69 Å². The monoisotopic (exact) mass is 331 g/mol. The first-order valence-corrected chi connectivity index (χ1v) is 8.11.